The molecular formula is C18H19N3O3S. The molecule has 0 bridgehead atoms. The van der Waals surface area contributed by atoms with E-state index in [1.165, 1.54) is 9.90 Å². The summed E-state index contributed by atoms with van der Waals surface area (Å²) >= 11 is 1.68. The molecule has 3 amide bonds. The van der Waals surface area contributed by atoms with Crippen LogP contribution in [0.5, 0.6) is 11.5 Å². The van der Waals surface area contributed by atoms with E-state index in [1.807, 2.05) is 56.5 Å². The largest absolute Gasteiger partial charge is 0.457 e. The highest BCUT2D eigenvalue weighted by Gasteiger charge is 2.25. The van der Waals surface area contributed by atoms with Gasteiger partial charge in [0, 0.05) is 4.90 Å². The van der Waals surface area contributed by atoms with Crippen molar-refractivity contribution in [3.63, 3.8) is 0 Å². The molecule has 3 rings (SSSR count). The average molecular weight is 357 g/mol. The van der Waals surface area contributed by atoms with Crippen LogP contribution < -0.4 is 20.5 Å². The number of imide groups is 1. The Bertz CT molecular complexity index is 798. The number of hydrogen-bond donors (Lipinski definition) is 2. The van der Waals surface area contributed by atoms with E-state index in [0.717, 1.165) is 22.6 Å². The molecule has 6 nitrogen and oxygen atoms in total. The highest BCUT2D eigenvalue weighted by molar-refractivity contribution is 7.98. The van der Waals surface area contributed by atoms with Gasteiger partial charge >= 0.3 is 6.03 Å². The number of benzene rings is 2. The summed E-state index contributed by atoms with van der Waals surface area (Å²) in [7, 11) is 0. The lowest BCUT2D eigenvalue weighted by Gasteiger charge is -2.28. The molecule has 1 aliphatic heterocycles. The van der Waals surface area contributed by atoms with Gasteiger partial charge in [-0.15, -0.1) is 11.8 Å². The van der Waals surface area contributed by atoms with Gasteiger partial charge in [-0.3, -0.25) is 10.1 Å². The fourth-order valence-corrected chi connectivity index (χ4v) is 3.04. The van der Waals surface area contributed by atoms with Gasteiger partial charge in [0.1, 0.15) is 11.5 Å². The Morgan fingerprint density at radius 1 is 1.08 bits per heavy atom. The lowest BCUT2D eigenvalue weighted by atomic mass is 10.1. The topological polar surface area (TPSA) is 70.7 Å². The van der Waals surface area contributed by atoms with E-state index in [-0.39, 0.29) is 12.5 Å². The van der Waals surface area contributed by atoms with Crippen molar-refractivity contribution in [2.24, 2.45) is 0 Å². The summed E-state index contributed by atoms with van der Waals surface area (Å²) in [5.41, 5.74) is 5.25. The summed E-state index contributed by atoms with van der Waals surface area (Å²) in [6, 6.07) is 11.1. The van der Waals surface area contributed by atoms with Gasteiger partial charge in [0.25, 0.3) is 0 Å². The monoisotopic (exact) mass is 357 g/mol. The van der Waals surface area contributed by atoms with Gasteiger partial charge in [0.15, 0.2) is 0 Å². The van der Waals surface area contributed by atoms with E-state index in [1.54, 1.807) is 11.8 Å². The summed E-state index contributed by atoms with van der Waals surface area (Å²) in [5.74, 6) is 1.17. The Labute approximate surface area is 150 Å². The van der Waals surface area contributed by atoms with Gasteiger partial charge in [-0.1, -0.05) is 0 Å². The Kier molecular flexibility index (Phi) is 4.96. The van der Waals surface area contributed by atoms with Crippen molar-refractivity contribution < 1.29 is 14.3 Å². The van der Waals surface area contributed by atoms with Gasteiger partial charge < -0.3 is 4.74 Å². The van der Waals surface area contributed by atoms with Crippen LogP contribution in [0.3, 0.4) is 0 Å². The second-order valence-corrected chi connectivity index (χ2v) is 6.59. The van der Waals surface area contributed by atoms with Crippen molar-refractivity contribution in [1.29, 1.82) is 0 Å². The first-order chi connectivity index (χ1) is 12.0. The molecule has 0 radical (unpaired) electrons. The lowest BCUT2D eigenvalue weighted by molar-refractivity contribution is -0.119. The molecule has 2 N–H and O–H groups in total. The molecule has 1 fully saturated rings. The first-order valence-electron chi connectivity index (χ1n) is 7.78. The smallest absolute Gasteiger partial charge is 0.343 e. The maximum absolute atomic E-state index is 12.0. The molecule has 2 aromatic carbocycles. The summed E-state index contributed by atoms with van der Waals surface area (Å²) in [4.78, 5) is 24.4. The molecular weight excluding hydrogens is 338 g/mol. The number of rotatable bonds is 4. The average Bonchev–Trinajstić information content (AvgIpc) is 2.58. The first-order valence-corrected chi connectivity index (χ1v) is 9.01. The Morgan fingerprint density at radius 2 is 1.72 bits per heavy atom. The number of hydrogen-bond acceptors (Lipinski definition) is 5. The number of nitrogens with zero attached hydrogens (tertiary/aromatic N) is 1. The van der Waals surface area contributed by atoms with E-state index < -0.39 is 6.03 Å². The Hall–Kier alpha value is -2.51. The molecule has 1 aliphatic rings. The highest BCUT2D eigenvalue weighted by Crippen LogP contribution is 2.33. The maximum Gasteiger partial charge on any atom is 0.343 e. The Morgan fingerprint density at radius 3 is 2.28 bits per heavy atom. The van der Waals surface area contributed by atoms with Crippen LogP contribution in [-0.2, 0) is 4.79 Å². The molecule has 1 heterocycles. The molecule has 0 unspecified atom stereocenters. The lowest BCUT2D eigenvalue weighted by Crippen LogP contribution is -2.59. The number of carbonyl (C=O) groups excluding carboxylic acids is 2. The second-order valence-electron chi connectivity index (χ2n) is 5.71. The quantitative estimate of drug-likeness (QED) is 0.821. The zero-order valence-electron chi connectivity index (χ0n) is 14.3. The standard InChI is InChI=1S/C18H19N3O3S/c1-11-8-13(21-18(23)20-16(22)10-19-21)9-12(2)17(11)24-14-4-6-15(25-3)7-5-14/h4-9,19H,10H2,1-3H3,(H,20,22,23). The molecule has 0 saturated carbocycles. The zero-order valence-corrected chi connectivity index (χ0v) is 15.1. The number of thioether (sulfide) groups is 1. The van der Waals surface area contributed by atoms with Gasteiger partial charge in [-0.2, -0.15) is 0 Å². The van der Waals surface area contributed by atoms with E-state index in [2.05, 4.69) is 10.7 Å². The zero-order chi connectivity index (χ0) is 18.0. The fourth-order valence-electron chi connectivity index (χ4n) is 2.63. The van der Waals surface area contributed by atoms with Gasteiger partial charge in [0.05, 0.1) is 12.2 Å². The van der Waals surface area contributed by atoms with Crippen molar-refractivity contribution in [3.05, 3.63) is 47.5 Å². The number of amides is 3. The van der Waals surface area contributed by atoms with Crippen LogP contribution >= 0.6 is 11.8 Å². The van der Waals surface area contributed by atoms with E-state index in [0.29, 0.717) is 5.69 Å². The van der Waals surface area contributed by atoms with Crippen LogP contribution in [0.1, 0.15) is 11.1 Å². The van der Waals surface area contributed by atoms with Crippen LogP contribution in [0, 0.1) is 13.8 Å². The first kappa shape index (κ1) is 17.3. The molecule has 0 aromatic heterocycles. The number of urea groups is 1. The molecule has 7 heteroatoms. The second kappa shape index (κ2) is 7.16. The fraction of sp³-hybridized carbons (Fsp3) is 0.222. The van der Waals surface area contributed by atoms with Gasteiger partial charge in [0.2, 0.25) is 5.91 Å². The summed E-state index contributed by atoms with van der Waals surface area (Å²) < 4.78 is 6.02. The summed E-state index contributed by atoms with van der Waals surface area (Å²) in [6.07, 6.45) is 2.03. The minimum absolute atomic E-state index is 0.0594. The van der Waals surface area contributed by atoms with Crippen LogP contribution in [-0.4, -0.2) is 24.7 Å². The van der Waals surface area contributed by atoms with Crippen LogP contribution in [0.15, 0.2) is 41.3 Å². The number of aryl methyl sites for hydroxylation is 2. The van der Waals surface area contributed by atoms with Crippen LogP contribution in [0.4, 0.5) is 10.5 Å². The maximum atomic E-state index is 12.0. The van der Waals surface area contributed by atoms with Crippen molar-refractivity contribution in [3.8, 4) is 11.5 Å². The number of carbonyl (C=O) groups is 2. The third-order valence-corrected chi connectivity index (χ3v) is 4.57. The molecule has 25 heavy (non-hydrogen) atoms. The van der Waals surface area contributed by atoms with Crippen molar-refractivity contribution >= 4 is 29.4 Å². The highest BCUT2D eigenvalue weighted by atomic mass is 32.2. The van der Waals surface area contributed by atoms with E-state index >= 15 is 0 Å². The van der Waals surface area contributed by atoms with E-state index in [4.69, 9.17) is 4.74 Å². The van der Waals surface area contributed by atoms with E-state index in [9.17, 15) is 9.59 Å². The normalized spacial score (nSPS) is 14.4. The minimum Gasteiger partial charge on any atom is -0.457 e. The third kappa shape index (κ3) is 3.78. The molecule has 0 atom stereocenters. The van der Waals surface area contributed by atoms with Crippen LogP contribution in [0.25, 0.3) is 0 Å². The Balaban J connectivity index is 1.84. The molecule has 0 spiro atoms. The number of ether oxygens (including phenoxy) is 1. The molecule has 130 valence electrons. The number of nitrogens with one attached hydrogen (secondary N) is 2. The number of anilines is 1. The predicted molar refractivity (Wildman–Crippen MR) is 98.2 cm³/mol. The number of hydrazine groups is 1. The summed E-state index contributed by atoms with van der Waals surface area (Å²) in [5, 5.41) is 3.62. The summed E-state index contributed by atoms with van der Waals surface area (Å²) in [6.45, 7) is 3.91. The predicted octanol–water partition coefficient (Wildman–Crippen LogP) is 3.38. The third-order valence-electron chi connectivity index (χ3n) is 3.83. The van der Waals surface area contributed by atoms with Gasteiger partial charge in [-0.05, 0) is 67.6 Å². The molecule has 1 saturated heterocycles. The van der Waals surface area contributed by atoms with Crippen molar-refractivity contribution in [2.75, 3.05) is 17.8 Å². The SMILES string of the molecule is CSc1ccc(Oc2c(C)cc(N3NCC(=O)NC3=O)cc2C)cc1. The molecule has 2 aromatic rings. The molecule has 0 aliphatic carbocycles. The van der Waals surface area contributed by atoms with Gasteiger partial charge in [-0.25, -0.2) is 15.2 Å². The minimum atomic E-state index is -0.489. The van der Waals surface area contributed by atoms with Crippen LogP contribution in [0.2, 0.25) is 0 Å². The van der Waals surface area contributed by atoms with Crippen molar-refractivity contribution in [1.82, 2.24) is 10.7 Å². The van der Waals surface area contributed by atoms with Crippen molar-refractivity contribution in [2.45, 2.75) is 18.7 Å².